The van der Waals surface area contributed by atoms with Crippen LogP contribution in [0.1, 0.15) is 62.9 Å². The normalized spacial score (nSPS) is 11.0. The molecule has 2 aromatic rings. The van der Waals surface area contributed by atoms with Crippen molar-refractivity contribution in [3.8, 4) is 17.2 Å². The second-order valence-corrected chi connectivity index (χ2v) is 9.80. The third-order valence-corrected chi connectivity index (χ3v) is 5.24. The van der Waals surface area contributed by atoms with Crippen LogP contribution in [0.25, 0.3) is 0 Å². The molecule has 0 unspecified atom stereocenters. The van der Waals surface area contributed by atoms with Crippen LogP contribution in [-0.2, 0) is 10.4 Å². The number of amides is 1. The molecule has 2 aromatic carbocycles. The van der Waals surface area contributed by atoms with E-state index in [1.165, 1.54) is 0 Å². The van der Waals surface area contributed by atoms with Crippen molar-refractivity contribution in [1.82, 2.24) is 4.90 Å². The van der Waals surface area contributed by atoms with Crippen LogP contribution in [0.15, 0.2) is 42.5 Å². The zero-order chi connectivity index (χ0) is 28.9. The lowest BCUT2D eigenvalue weighted by molar-refractivity contribution is 0.0643. The van der Waals surface area contributed by atoms with Crippen LogP contribution < -0.4 is 19.9 Å². The Morgan fingerprint density at radius 1 is 0.895 bits per heavy atom. The Kier molecular flexibility index (Phi) is 13.6. The average molecular weight is 554 g/mol. The van der Waals surface area contributed by atoms with E-state index in [0.717, 1.165) is 25.0 Å². The van der Waals surface area contributed by atoms with Gasteiger partial charge in [-0.2, -0.15) is 8.42 Å². The van der Waals surface area contributed by atoms with E-state index < -0.39 is 10.4 Å². The van der Waals surface area contributed by atoms with Gasteiger partial charge in [0.15, 0.2) is 11.5 Å². The molecule has 5 N–H and O–H groups in total. The Labute approximate surface area is 225 Å². The maximum absolute atomic E-state index is 12.9. The fourth-order valence-corrected chi connectivity index (χ4v) is 3.62. The Bertz CT molecular complexity index is 1120. The van der Waals surface area contributed by atoms with Gasteiger partial charge in [-0.15, -0.1) is 0 Å². The topological polar surface area (TPSA) is 172 Å². The summed E-state index contributed by atoms with van der Waals surface area (Å²) in [5, 5.41) is 7.40. The van der Waals surface area contributed by atoms with E-state index in [-0.39, 0.29) is 23.8 Å². The predicted molar refractivity (Wildman–Crippen MR) is 146 cm³/mol. The number of hydrogen-bond donors (Lipinski definition) is 4. The number of amidine groups is 1. The van der Waals surface area contributed by atoms with E-state index in [9.17, 15) is 4.79 Å². The summed E-state index contributed by atoms with van der Waals surface area (Å²) in [5.74, 6) is 2.00. The van der Waals surface area contributed by atoms with Gasteiger partial charge >= 0.3 is 10.4 Å². The number of benzene rings is 2. The first-order valence-electron chi connectivity index (χ1n) is 12.1. The first kappa shape index (κ1) is 32.7. The Morgan fingerprint density at radius 3 is 1.87 bits per heavy atom. The van der Waals surface area contributed by atoms with Gasteiger partial charge in [-0.1, -0.05) is 0 Å². The molecule has 0 aliphatic carbocycles. The summed E-state index contributed by atoms with van der Waals surface area (Å²) in [7, 11) is -3.08. The number of methoxy groups -OCH3 is 1. The lowest BCUT2D eigenvalue weighted by atomic mass is 10.1. The Morgan fingerprint density at radius 2 is 1.39 bits per heavy atom. The number of carbonyl (C=O) groups is 1. The van der Waals surface area contributed by atoms with Gasteiger partial charge in [0.25, 0.3) is 5.91 Å². The fraction of sp³-hybridized carbons (Fsp3) is 0.462. The van der Waals surface area contributed by atoms with E-state index in [2.05, 4.69) is 0 Å². The molecular weight excluding hydrogens is 514 g/mol. The van der Waals surface area contributed by atoms with Gasteiger partial charge in [0.2, 0.25) is 0 Å². The molecule has 0 radical (unpaired) electrons. The van der Waals surface area contributed by atoms with Gasteiger partial charge in [-0.3, -0.25) is 19.3 Å². The molecule has 12 heteroatoms. The molecule has 0 aromatic heterocycles. The minimum absolute atomic E-state index is 0.0132. The highest BCUT2D eigenvalue weighted by Gasteiger charge is 2.22. The lowest BCUT2D eigenvalue weighted by Gasteiger charge is -2.31. The number of nitrogens with zero attached hydrogens (tertiary/aromatic N) is 1. The molecule has 0 aliphatic rings. The first-order valence-corrected chi connectivity index (χ1v) is 13.5. The van der Waals surface area contributed by atoms with Gasteiger partial charge in [0.05, 0.1) is 20.3 Å². The Hall–Kier alpha value is -3.35. The van der Waals surface area contributed by atoms with Crippen LogP contribution >= 0.6 is 0 Å². The summed E-state index contributed by atoms with van der Waals surface area (Å²) in [4.78, 5) is 14.8. The molecule has 0 spiro atoms. The molecule has 212 valence electrons. The zero-order valence-electron chi connectivity index (χ0n) is 22.5. The minimum atomic E-state index is -4.67. The van der Waals surface area contributed by atoms with Crippen molar-refractivity contribution in [2.75, 3.05) is 20.3 Å². The smallest absolute Gasteiger partial charge is 0.394 e. The monoisotopic (exact) mass is 553 g/mol. The molecule has 2 rings (SSSR count). The summed E-state index contributed by atoms with van der Waals surface area (Å²) in [6.07, 6.45) is 2.75. The van der Waals surface area contributed by atoms with Crippen molar-refractivity contribution in [3.63, 3.8) is 0 Å². The summed E-state index contributed by atoms with van der Waals surface area (Å²) in [6.45, 7) is 9.23. The molecule has 11 nitrogen and oxygen atoms in total. The molecule has 1 amide bonds. The second kappa shape index (κ2) is 15.8. The maximum atomic E-state index is 12.9. The minimum Gasteiger partial charge on any atom is -0.494 e. The standard InChI is InChI=1S/C26H37N3O4.H2O4S/c1-18(2)29(19(3)4)26(30)21-11-14-23(24(17-21)31-5)33-16-8-6-7-15-32-22-12-9-20(10-13-22)25(27)28;1-5(2,3)4/h9-14,17-19H,6-8,15-16H2,1-5H3,(H3,27,28);(H2,1,2,3,4). The third-order valence-electron chi connectivity index (χ3n) is 5.24. The third kappa shape index (κ3) is 12.3. The molecular formula is C26H39N3O8S. The molecule has 0 aliphatic heterocycles. The van der Waals surface area contributed by atoms with Gasteiger partial charge in [-0.25, -0.2) is 0 Å². The fourth-order valence-electron chi connectivity index (χ4n) is 3.62. The van der Waals surface area contributed by atoms with Gasteiger partial charge in [0.1, 0.15) is 11.6 Å². The lowest BCUT2D eigenvalue weighted by Crippen LogP contribution is -2.42. The largest absolute Gasteiger partial charge is 0.494 e. The van der Waals surface area contributed by atoms with Gasteiger partial charge in [0, 0.05) is 23.2 Å². The van der Waals surface area contributed by atoms with Crippen molar-refractivity contribution < 1.29 is 36.5 Å². The van der Waals surface area contributed by atoms with E-state index in [4.69, 9.17) is 42.9 Å². The number of nitrogen functional groups attached to an aromatic ring is 1. The SMILES string of the molecule is COc1cc(C(=O)N(C(C)C)C(C)C)ccc1OCCCCCOc1ccc(C(=N)N)cc1.O=S(=O)(O)O. The van der Waals surface area contributed by atoms with Crippen LogP contribution in [0.5, 0.6) is 17.2 Å². The molecule has 0 saturated heterocycles. The highest BCUT2D eigenvalue weighted by Crippen LogP contribution is 2.29. The first-order chi connectivity index (χ1) is 17.7. The highest BCUT2D eigenvalue weighted by atomic mass is 32.3. The number of ether oxygens (including phenoxy) is 3. The number of nitrogens with two attached hydrogens (primary N) is 1. The van der Waals surface area contributed by atoms with Crippen molar-refractivity contribution in [1.29, 1.82) is 5.41 Å². The molecule has 0 atom stereocenters. The van der Waals surface area contributed by atoms with E-state index in [1.54, 1.807) is 37.4 Å². The molecule has 0 bridgehead atoms. The summed E-state index contributed by atoms with van der Waals surface area (Å²) in [6, 6.07) is 12.8. The summed E-state index contributed by atoms with van der Waals surface area (Å²) in [5.41, 5.74) is 6.73. The van der Waals surface area contributed by atoms with Crippen LogP contribution in [0.2, 0.25) is 0 Å². The number of nitrogens with one attached hydrogen (secondary N) is 1. The van der Waals surface area contributed by atoms with Crippen molar-refractivity contribution in [2.45, 2.75) is 59.0 Å². The van der Waals surface area contributed by atoms with E-state index in [0.29, 0.717) is 35.8 Å². The van der Waals surface area contributed by atoms with E-state index in [1.807, 2.05) is 44.7 Å². The van der Waals surface area contributed by atoms with Gasteiger partial charge in [-0.05, 0) is 89.4 Å². The van der Waals surface area contributed by atoms with E-state index >= 15 is 0 Å². The number of unbranched alkanes of at least 4 members (excludes halogenated alkanes) is 2. The second-order valence-electron chi connectivity index (χ2n) is 8.91. The van der Waals surface area contributed by atoms with Gasteiger partial charge < -0.3 is 24.8 Å². The number of carbonyl (C=O) groups excluding carboxylic acids is 1. The van der Waals surface area contributed by atoms with Crippen LogP contribution in [0.4, 0.5) is 0 Å². The Balaban J connectivity index is 0.00000132. The van der Waals surface area contributed by atoms with Crippen molar-refractivity contribution in [2.24, 2.45) is 5.73 Å². The average Bonchev–Trinajstić information content (AvgIpc) is 2.82. The predicted octanol–water partition coefficient (Wildman–Crippen LogP) is 4.21. The number of rotatable bonds is 13. The molecule has 0 saturated carbocycles. The summed E-state index contributed by atoms with van der Waals surface area (Å²) >= 11 is 0. The molecule has 0 heterocycles. The maximum Gasteiger partial charge on any atom is 0.394 e. The van der Waals surface area contributed by atoms with Crippen LogP contribution in [0.3, 0.4) is 0 Å². The molecule has 0 fully saturated rings. The zero-order valence-corrected chi connectivity index (χ0v) is 23.3. The quantitative estimate of drug-likeness (QED) is 0.123. The van der Waals surface area contributed by atoms with Crippen LogP contribution in [0, 0.1) is 5.41 Å². The van der Waals surface area contributed by atoms with Crippen LogP contribution in [-0.4, -0.2) is 66.6 Å². The highest BCUT2D eigenvalue weighted by molar-refractivity contribution is 7.79. The number of hydrogen-bond acceptors (Lipinski definition) is 7. The summed E-state index contributed by atoms with van der Waals surface area (Å²) < 4.78 is 48.7. The molecule has 38 heavy (non-hydrogen) atoms. The van der Waals surface area contributed by atoms with Crippen molar-refractivity contribution >= 4 is 22.1 Å². The van der Waals surface area contributed by atoms with Crippen molar-refractivity contribution in [3.05, 3.63) is 53.6 Å².